The number of rotatable bonds is 9. The summed E-state index contributed by atoms with van der Waals surface area (Å²) >= 11 is 12.5. The van der Waals surface area contributed by atoms with Crippen LogP contribution in [0.3, 0.4) is 0 Å². The van der Waals surface area contributed by atoms with Crippen LogP contribution in [0.25, 0.3) is 22.3 Å². The third kappa shape index (κ3) is 6.03. The molecule has 0 bridgehead atoms. The van der Waals surface area contributed by atoms with Gasteiger partial charge in [-0.2, -0.15) is 0 Å². The third-order valence-electron chi connectivity index (χ3n) is 4.92. The molecule has 3 aromatic heterocycles. The molecule has 0 aliphatic carbocycles. The smallest absolute Gasteiger partial charge is 0.305 e. The molecule has 0 spiro atoms. The van der Waals surface area contributed by atoms with Crippen molar-refractivity contribution in [2.24, 2.45) is 0 Å². The average Bonchev–Trinajstić information content (AvgIpc) is 3.08. The zero-order valence-electron chi connectivity index (χ0n) is 18.1. The summed E-state index contributed by atoms with van der Waals surface area (Å²) in [7, 11) is 0.165. The molecule has 0 aliphatic heterocycles. The van der Waals surface area contributed by atoms with E-state index < -0.39 is 8.07 Å². The molecule has 0 N–H and O–H groups in total. The minimum Gasteiger partial charge on any atom is -0.469 e. The van der Waals surface area contributed by atoms with E-state index in [4.69, 9.17) is 32.7 Å². The van der Waals surface area contributed by atoms with Crippen LogP contribution in [0.15, 0.2) is 24.7 Å². The van der Waals surface area contributed by atoms with Gasteiger partial charge in [-0.1, -0.05) is 42.8 Å². The summed E-state index contributed by atoms with van der Waals surface area (Å²) < 4.78 is 12.8. The Morgan fingerprint density at radius 2 is 1.94 bits per heavy atom. The van der Waals surface area contributed by atoms with Crippen molar-refractivity contribution in [1.82, 2.24) is 19.5 Å². The van der Waals surface area contributed by atoms with Crippen LogP contribution in [0.4, 0.5) is 0 Å². The summed E-state index contributed by atoms with van der Waals surface area (Å²) in [6.07, 6.45) is 3.83. The molecule has 0 aliphatic rings. The molecule has 0 unspecified atom stereocenters. The minimum absolute atomic E-state index is 0.233. The monoisotopic (exact) mass is 480 g/mol. The lowest BCUT2D eigenvalue weighted by Gasteiger charge is -2.17. The second-order valence-corrected chi connectivity index (χ2v) is 14.8. The minimum atomic E-state index is -1.21. The van der Waals surface area contributed by atoms with Gasteiger partial charge in [0.25, 0.3) is 0 Å². The quantitative estimate of drug-likeness (QED) is 0.137. The van der Waals surface area contributed by atoms with E-state index in [9.17, 15) is 4.79 Å². The molecule has 10 heteroatoms. The van der Waals surface area contributed by atoms with E-state index in [2.05, 4.69) is 34.6 Å². The predicted octanol–water partition coefficient (Wildman–Crippen LogP) is 5.22. The number of methoxy groups -OCH3 is 1. The number of nitrogens with zero attached hydrogens (tertiary/aromatic N) is 4. The summed E-state index contributed by atoms with van der Waals surface area (Å²) in [5.41, 5.74) is 3.21. The van der Waals surface area contributed by atoms with E-state index in [1.165, 1.54) is 13.4 Å². The van der Waals surface area contributed by atoms with Gasteiger partial charge >= 0.3 is 5.97 Å². The number of ether oxygens (including phenoxy) is 2. The summed E-state index contributed by atoms with van der Waals surface area (Å²) in [5.74, 6) is -0.289. The molecular formula is C21H26Cl2N4O3Si. The van der Waals surface area contributed by atoms with Crippen LogP contribution in [0.2, 0.25) is 36.0 Å². The van der Waals surface area contributed by atoms with Gasteiger partial charge in [0.1, 0.15) is 29.0 Å². The van der Waals surface area contributed by atoms with Gasteiger partial charge < -0.3 is 14.0 Å². The molecule has 0 atom stereocenters. The molecule has 3 rings (SSSR count). The molecule has 3 aromatic rings. The van der Waals surface area contributed by atoms with E-state index in [0.717, 1.165) is 28.3 Å². The number of esters is 1. The maximum Gasteiger partial charge on any atom is 0.305 e. The number of halogens is 2. The molecule has 0 fully saturated rings. The van der Waals surface area contributed by atoms with Crippen LogP contribution in [0.5, 0.6) is 0 Å². The molecular weight excluding hydrogens is 455 g/mol. The van der Waals surface area contributed by atoms with Crippen LogP contribution in [0.1, 0.15) is 12.0 Å². The van der Waals surface area contributed by atoms with Crippen molar-refractivity contribution in [2.75, 3.05) is 13.7 Å². The van der Waals surface area contributed by atoms with Crippen LogP contribution < -0.4 is 0 Å². The topological polar surface area (TPSA) is 79.1 Å². The largest absolute Gasteiger partial charge is 0.469 e. The van der Waals surface area contributed by atoms with Crippen LogP contribution in [0, 0.1) is 0 Å². The highest BCUT2D eigenvalue weighted by Gasteiger charge is 2.19. The zero-order chi connectivity index (χ0) is 22.6. The molecule has 0 amide bonds. The van der Waals surface area contributed by atoms with Crippen molar-refractivity contribution in [3.8, 4) is 11.3 Å². The molecule has 0 radical (unpaired) electrons. The number of pyridine rings is 1. The lowest BCUT2D eigenvalue weighted by molar-refractivity contribution is -0.140. The van der Waals surface area contributed by atoms with Crippen molar-refractivity contribution >= 4 is 48.3 Å². The Hall–Kier alpha value is -2.00. The highest BCUT2D eigenvalue weighted by Crippen LogP contribution is 2.33. The lowest BCUT2D eigenvalue weighted by atomic mass is 10.0. The van der Waals surface area contributed by atoms with Crippen LogP contribution in [-0.2, 0) is 27.4 Å². The SMILES string of the molecule is COC(=O)CCc1cc(Cl)ncc1-c1cc2c(Cl)ncnc2n1COCC[Si](C)(C)C. The standard InChI is InChI=1S/C21H26Cl2N4O3Si/c1-29-19(28)6-5-14-9-18(22)24-11-16(14)17-10-15-20(23)25-12-26-21(15)27(17)13-30-7-8-31(2,3)4/h9-12H,5-8,13H2,1-4H3. The predicted molar refractivity (Wildman–Crippen MR) is 125 cm³/mol. The molecule has 166 valence electrons. The van der Waals surface area contributed by atoms with Crippen molar-refractivity contribution in [2.45, 2.75) is 45.3 Å². The summed E-state index contributed by atoms with van der Waals surface area (Å²) in [5, 5.41) is 1.45. The highest BCUT2D eigenvalue weighted by atomic mass is 35.5. The van der Waals surface area contributed by atoms with Gasteiger partial charge in [0.05, 0.1) is 18.2 Å². The number of carbonyl (C=O) groups excluding carboxylic acids is 1. The Morgan fingerprint density at radius 1 is 1.16 bits per heavy atom. The van der Waals surface area contributed by atoms with Gasteiger partial charge in [-0.3, -0.25) is 4.79 Å². The second kappa shape index (κ2) is 10.1. The number of carbonyl (C=O) groups is 1. The van der Waals surface area contributed by atoms with E-state index in [-0.39, 0.29) is 12.4 Å². The highest BCUT2D eigenvalue weighted by molar-refractivity contribution is 6.76. The maximum atomic E-state index is 11.7. The fraction of sp³-hybridized carbons (Fsp3) is 0.429. The van der Waals surface area contributed by atoms with Crippen LogP contribution >= 0.6 is 23.2 Å². The normalized spacial score (nSPS) is 11.8. The number of hydrogen-bond donors (Lipinski definition) is 0. The fourth-order valence-corrected chi connectivity index (χ4v) is 4.29. The Labute approximate surface area is 192 Å². The summed E-state index contributed by atoms with van der Waals surface area (Å²) in [4.78, 5) is 24.5. The van der Waals surface area contributed by atoms with Gasteiger partial charge in [-0.15, -0.1) is 0 Å². The van der Waals surface area contributed by atoms with E-state index in [1.54, 1.807) is 12.3 Å². The molecule has 3 heterocycles. The van der Waals surface area contributed by atoms with Gasteiger partial charge in [0, 0.05) is 32.9 Å². The summed E-state index contributed by atoms with van der Waals surface area (Å²) in [6.45, 7) is 7.92. The number of aryl methyl sites for hydroxylation is 1. The van der Waals surface area contributed by atoms with Crippen molar-refractivity contribution in [1.29, 1.82) is 0 Å². The third-order valence-corrected chi connectivity index (χ3v) is 7.13. The van der Waals surface area contributed by atoms with E-state index in [0.29, 0.717) is 35.7 Å². The maximum absolute atomic E-state index is 11.7. The number of aromatic nitrogens is 4. The number of hydrogen-bond acceptors (Lipinski definition) is 6. The molecule has 7 nitrogen and oxygen atoms in total. The average molecular weight is 481 g/mol. The van der Waals surface area contributed by atoms with Crippen molar-refractivity contribution < 1.29 is 14.3 Å². The van der Waals surface area contributed by atoms with Gasteiger partial charge in [0.2, 0.25) is 0 Å². The molecule has 0 aromatic carbocycles. The molecule has 31 heavy (non-hydrogen) atoms. The van der Waals surface area contributed by atoms with Gasteiger partial charge in [-0.25, -0.2) is 15.0 Å². The van der Waals surface area contributed by atoms with Crippen LogP contribution in [-0.4, -0.2) is 47.3 Å². The summed E-state index contributed by atoms with van der Waals surface area (Å²) in [6, 6.07) is 4.75. The van der Waals surface area contributed by atoms with Gasteiger partial charge in [0.15, 0.2) is 0 Å². The first-order valence-electron chi connectivity index (χ1n) is 9.98. The Morgan fingerprint density at radius 3 is 2.65 bits per heavy atom. The zero-order valence-corrected chi connectivity index (χ0v) is 20.6. The first-order chi connectivity index (χ1) is 14.7. The Balaban J connectivity index is 2.01. The fourth-order valence-electron chi connectivity index (χ4n) is 3.17. The van der Waals surface area contributed by atoms with E-state index >= 15 is 0 Å². The van der Waals surface area contributed by atoms with Crippen molar-refractivity contribution in [3.63, 3.8) is 0 Å². The first-order valence-corrected chi connectivity index (χ1v) is 14.4. The van der Waals surface area contributed by atoms with Gasteiger partial charge in [-0.05, 0) is 30.2 Å². The van der Waals surface area contributed by atoms with Crippen molar-refractivity contribution in [3.05, 3.63) is 40.5 Å². The lowest BCUT2D eigenvalue weighted by Crippen LogP contribution is -2.22. The Kier molecular flexibility index (Phi) is 7.69. The number of fused-ring (bicyclic) bond motifs is 1. The molecule has 0 saturated carbocycles. The first kappa shape index (κ1) is 23.7. The Bertz CT molecular complexity index is 1080. The molecule has 0 saturated heterocycles. The van der Waals surface area contributed by atoms with E-state index in [1.807, 2.05) is 10.6 Å². The second-order valence-electron chi connectivity index (χ2n) is 8.45.